The summed E-state index contributed by atoms with van der Waals surface area (Å²) < 4.78 is 0. The highest BCUT2D eigenvalue weighted by Crippen LogP contribution is 2.28. The maximum Gasteiger partial charge on any atom is 0.242 e. The van der Waals surface area contributed by atoms with Gasteiger partial charge in [-0.15, -0.1) is 0 Å². The fraction of sp³-hybridized carbons (Fsp3) is 0.913. The van der Waals surface area contributed by atoms with Gasteiger partial charge in [0.15, 0.2) is 0 Å². The summed E-state index contributed by atoms with van der Waals surface area (Å²) in [5, 5.41) is 6.16. The Kier molecular flexibility index (Phi) is 11.4. The summed E-state index contributed by atoms with van der Waals surface area (Å²) in [6.45, 7) is 7.48. The molecular formula is C23H43N3O2S. The summed E-state index contributed by atoms with van der Waals surface area (Å²) in [5.41, 5.74) is 0. The van der Waals surface area contributed by atoms with E-state index in [4.69, 9.17) is 0 Å². The maximum atomic E-state index is 12.7. The van der Waals surface area contributed by atoms with Crippen molar-refractivity contribution < 1.29 is 9.59 Å². The van der Waals surface area contributed by atoms with Crippen LogP contribution in [0.5, 0.6) is 0 Å². The molecule has 0 unspecified atom stereocenters. The predicted molar refractivity (Wildman–Crippen MR) is 123 cm³/mol. The second kappa shape index (κ2) is 13.5. The van der Waals surface area contributed by atoms with Crippen LogP contribution in [0.3, 0.4) is 0 Å². The lowest BCUT2D eigenvalue weighted by Crippen LogP contribution is -2.49. The number of likely N-dealkylation sites (tertiary alicyclic amines) is 1. The fourth-order valence-corrected chi connectivity index (χ4v) is 5.22. The van der Waals surface area contributed by atoms with Gasteiger partial charge < -0.3 is 15.5 Å². The first-order valence-corrected chi connectivity index (χ1v) is 13.3. The number of carbonyl (C=O) groups excluding carboxylic acids is 2. The first-order valence-electron chi connectivity index (χ1n) is 11.9. The number of thioether (sulfide) groups is 1. The number of hydrogen-bond acceptors (Lipinski definition) is 4. The van der Waals surface area contributed by atoms with Crippen molar-refractivity contribution in [2.45, 2.75) is 90.1 Å². The largest absolute Gasteiger partial charge is 0.354 e. The lowest BCUT2D eigenvalue weighted by atomic mass is 9.82. The number of amides is 2. The molecule has 168 valence electrons. The maximum absolute atomic E-state index is 12.7. The van der Waals surface area contributed by atoms with E-state index in [0.717, 1.165) is 50.3 Å². The van der Waals surface area contributed by atoms with Gasteiger partial charge in [-0.2, -0.15) is 11.8 Å². The van der Waals surface area contributed by atoms with Crippen molar-refractivity contribution in [1.29, 1.82) is 0 Å². The molecule has 0 aromatic carbocycles. The van der Waals surface area contributed by atoms with Gasteiger partial charge in [-0.3, -0.25) is 9.59 Å². The molecule has 2 atom stereocenters. The van der Waals surface area contributed by atoms with E-state index >= 15 is 0 Å². The number of nitrogens with one attached hydrogen (secondary N) is 2. The Morgan fingerprint density at radius 2 is 1.90 bits per heavy atom. The minimum absolute atomic E-state index is 0.0118. The van der Waals surface area contributed by atoms with E-state index in [1.165, 1.54) is 32.2 Å². The SMILES string of the molecule is CC[C@@H]1CCCCN1CCCNC(=O)[C@@H](CCSC)NC(=O)C1CCC(C)CC1. The first kappa shape index (κ1) is 24.5. The average molecular weight is 426 g/mol. The van der Waals surface area contributed by atoms with Gasteiger partial charge >= 0.3 is 0 Å². The van der Waals surface area contributed by atoms with Crippen LogP contribution >= 0.6 is 11.8 Å². The quantitative estimate of drug-likeness (QED) is 0.494. The molecule has 2 aliphatic rings. The van der Waals surface area contributed by atoms with Gasteiger partial charge in [-0.1, -0.05) is 20.3 Å². The molecule has 0 radical (unpaired) electrons. The zero-order valence-electron chi connectivity index (χ0n) is 18.9. The van der Waals surface area contributed by atoms with Crippen LogP contribution in [0.1, 0.15) is 78.1 Å². The third-order valence-electron chi connectivity index (χ3n) is 6.77. The highest BCUT2D eigenvalue weighted by Gasteiger charge is 2.28. The van der Waals surface area contributed by atoms with Crippen LogP contribution in [0.15, 0.2) is 0 Å². The molecule has 0 aromatic rings. The van der Waals surface area contributed by atoms with Gasteiger partial charge in [0, 0.05) is 25.0 Å². The highest BCUT2D eigenvalue weighted by molar-refractivity contribution is 7.98. The number of piperidine rings is 1. The van der Waals surface area contributed by atoms with E-state index in [-0.39, 0.29) is 17.7 Å². The molecular weight excluding hydrogens is 382 g/mol. The van der Waals surface area contributed by atoms with Gasteiger partial charge in [0.05, 0.1) is 0 Å². The molecule has 2 N–H and O–H groups in total. The van der Waals surface area contributed by atoms with Gasteiger partial charge in [-0.05, 0) is 82.3 Å². The third-order valence-corrected chi connectivity index (χ3v) is 7.42. The Labute approximate surface area is 182 Å². The summed E-state index contributed by atoms with van der Waals surface area (Å²) in [6, 6.07) is 0.318. The smallest absolute Gasteiger partial charge is 0.242 e. The second-order valence-electron chi connectivity index (χ2n) is 9.04. The normalized spacial score (nSPS) is 26.7. The van der Waals surface area contributed by atoms with Crippen molar-refractivity contribution in [1.82, 2.24) is 15.5 Å². The van der Waals surface area contributed by atoms with Crippen molar-refractivity contribution in [2.75, 3.05) is 31.6 Å². The summed E-state index contributed by atoms with van der Waals surface area (Å²) in [7, 11) is 0. The summed E-state index contributed by atoms with van der Waals surface area (Å²) in [5.74, 6) is 1.76. The molecule has 0 aromatic heterocycles. The second-order valence-corrected chi connectivity index (χ2v) is 10.0. The fourth-order valence-electron chi connectivity index (χ4n) is 4.75. The van der Waals surface area contributed by atoms with Crippen molar-refractivity contribution in [3.05, 3.63) is 0 Å². The molecule has 0 bridgehead atoms. The van der Waals surface area contributed by atoms with Crippen molar-refractivity contribution in [3.8, 4) is 0 Å². The minimum atomic E-state index is -0.396. The Balaban J connectivity index is 1.74. The first-order chi connectivity index (χ1) is 14.0. The Morgan fingerprint density at radius 3 is 2.59 bits per heavy atom. The lowest BCUT2D eigenvalue weighted by Gasteiger charge is -2.35. The molecule has 29 heavy (non-hydrogen) atoms. The molecule has 1 heterocycles. The zero-order valence-corrected chi connectivity index (χ0v) is 19.7. The molecule has 1 aliphatic carbocycles. The molecule has 1 saturated heterocycles. The molecule has 2 amide bonds. The van der Waals surface area contributed by atoms with Crippen LogP contribution < -0.4 is 10.6 Å². The van der Waals surface area contributed by atoms with E-state index in [1.807, 2.05) is 6.26 Å². The summed E-state index contributed by atoms with van der Waals surface area (Å²) in [6.07, 6.45) is 13.1. The van der Waals surface area contributed by atoms with Crippen LogP contribution in [0.4, 0.5) is 0 Å². The van der Waals surface area contributed by atoms with Crippen molar-refractivity contribution >= 4 is 23.6 Å². The molecule has 2 fully saturated rings. The van der Waals surface area contributed by atoms with Crippen LogP contribution in [-0.2, 0) is 9.59 Å². The lowest BCUT2D eigenvalue weighted by molar-refractivity contribution is -0.132. The molecule has 0 spiro atoms. The van der Waals surface area contributed by atoms with Gasteiger partial charge in [0.25, 0.3) is 0 Å². The molecule has 5 nitrogen and oxygen atoms in total. The van der Waals surface area contributed by atoms with Crippen molar-refractivity contribution in [3.63, 3.8) is 0 Å². The van der Waals surface area contributed by atoms with E-state index in [0.29, 0.717) is 19.0 Å². The van der Waals surface area contributed by atoms with Crippen LogP contribution in [0.25, 0.3) is 0 Å². The Morgan fingerprint density at radius 1 is 1.14 bits per heavy atom. The monoisotopic (exact) mass is 425 g/mol. The van der Waals surface area contributed by atoms with Crippen molar-refractivity contribution in [2.24, 2.45) is 11.8 Å². The van der Waals surface area contributed by atoms with Crippen LogP contribution in [0.2, 0.25) is 0 Å². The molecule has 1 saturated carbocycles. The predicted octanol–water partition coefficient (Wildman–Crippen LogP) is 3.82. The van der Waals surface area contributed by atoms with Gasteiger partial charge in [0.1, 0.15) is 6.04 Å². The van der Waals surface area contributed by atoms with E-state index in [9.17, 15) is 9.59 Å². The third kappa shape index (κ3) is 8.49. The minimum Gasteiger partial charge on any atom is -0.354 e. The van der Waals surface area contributed by atoms with Gasteiger partial charge in [0.2, 0.25) is 11.8 Å². The highest BCUT2D eigenvalue weighted by atomic mass is 32.2. The van der Waals surface area contributed by atoms with Crippen LogP contribution in [-0.4, -0.2) is 60.4 Å². The number of hydrogen-bond donors (Lipinski definition) is 2. The molecule has 2 rings (SSSR count). The Bertz CT molecular complexity index is 495. The number of rotatable bonds is 11. The number of nitrogens with zero attached hydrogens (tertiary/aromatic N) is 1. The van der Waals surface area contributed by atoms with E-state index < -0.39 is 6.04 Å². The van der Waals surface area contributed by atoms with E-state index in [2.05, 4.69) is 29.4 Å². The standard InChI is InChI=1S/C23H43N3O2S/c1-4-20-8-5-6-15-26(20)16-7-14-24-23(28)21(13-17-29-3)25-22(27)19-11-9-18(2)10-12-19/h18-21H,4-17H2,1-3H3,(H,24,28)(H,25,27)/t18?,19?,20-,21-/m1/s1. The van der Waals surface area contributed by atoms with Crippen LogP contribution in [0, 0.1) is 11.8 Å². The molecule has 1 aliphatic heterocycles. The average Bonchev–Trinajstić information content (AvgIpc) is 2.74. The summed E-state index contributed by atoms with van der Waals surface area (Å²) >= 11 is 1.72. The Hall–Kier alpha value is -0.750. The summed E-state index contributed by atoms with van der Waals surface area (Å²) in [4.78, 5) is 28.0. The van der Waals surface area contributed by atoms with Gasteiger partial charge in [-0.25, -0.2) is 0 Å². The number of carbonyl (C=O) groups is 2. The van der Waals surface area contributed by atoms with E-state index in [1.54, 1.807) is 11.8 Å². The topological polar surface area (TPSA) is 61.4 Å². The molecule has 6 heteroatoms. The zero-order chi connectivity index (χ0) is 21.1.